The van der Waals surface area contributed by atoms with Crippen molar-refractivity contribution < 1.29 is 0 Å². The molecule has 7 rings (SSSR count). The summed E-state index contributed by atoms with van der Waals surface area (Å²) in [4.78, 5) is 38.0. The summed E-state index contributed by atoms with van der Waals surface area (Å²) in [6.07, 6.45) is 0. The van der Waals surface area contributed by atoms with Gasteiger partial charge in [-0.2, -0.15) is 0 Å². The largest absolute Gasteiger partial charge is 0.288 e. The van der Waals surface area contributed by atoms with Gasteiger partial charge in [0.05, 0.1) is 27.7 Å². The highest BCUT2D eigenvalue weighted by molar-refractivity contribution is 6.07. The molecule has 0 aliphatic carbocycles. The smallest absolute Gasteiger partial charge is 0.198 e. The molecule has 0 aliphatic heterocycles. The molecule has 0 atom stereocenters. The summed E-state index contributed by atoms with van der Waals surface area (Å²) in [6, 6.07) is 31.1. The summed E-state index contributed by atoms with van der Waals surface area (Å²) >= 11 is 0. The monoisotopic (exact) mass is 507 g/mol. The van der Waals surface area contributed by atoms with Crippen molar-refractivity contribution in [1.29, 1.82) is 0 Å². The van der Waals surface area contributed by atoms with Gasteiger partial charge in [-0.25, -0.2) is 9.97 Å². The minimum Gasteiger partial charge on any atom is -0.288 e. The first-order valence-corrected chi connectivity index (χ1v) is 13.0. The third-order valence-electron chi connectivity index (χ3n) is 7.49. The van der Waals surface area contributed by atoms with E-state index >= 15 is 0 Å². The lowest BCUT2D eigenvalue weighted by molar-refractivity contribution is 0.591. The maximum Gasteiger partial charge on any atom is 0.198 e. The van der Waals surface area contributed by atoms with Gasteiger partial charge in [0, 0.05) is 21.9 Å². The van der Waals surface area contributed by atoms with Crippen LogP contribution in [0.4, 0.5) is 0 Å². The molecular weight excluding hydrogens is 482 g/mol. The fraction of sp³-hybridized carbons (Fsp3) is 0.118. The van der Waals surface area contributed by atoms with E-state index in [1.54, 1.807) is 0 Å². The molecule has 0 spiro atoms. The van der Waals surface area contributed by atoms with Crippen LogP contribution < -0.4 is 10.9 Å². The zero-order valence-corrected chi connectivity index (χ0v) is 21.9. The van der Waals surface area contributed by atoms with Gasteiger partial charge in [0.2, 0.25) is 0 Å². The topological polar surface area (TPSA) is 64.3 Å². The Morgan fingerprint density at radius 2 is 1.00 bits per heavy atom. The lowest BCUT2D eigenvalue weighted by atomic mass is 9.85. The van der Waals surface area contributed by atoms with Gasteiger partial charge in [-0.1, -0.05) is 81.4 Å². The lowest BCUT2D eigenvalue weighted by Gasteiger charge is -2.21. The Labute approximate surface area is 224 Å². The first-order chi connectivity index (χ1) is 18.8. The van der Waals surface area contributed by atoms with Gasteiger partial charge in [-0.05, 0) is 47.4 Å². The summed E-state index contributed by atoms with van der Waals surface area (Å²) < 4.78 is 1.92. The predicted molar refractivity (Wildman–Crippen MR) is 159 cm³/mol. The normalized spacial score (nSPS) is 12.2. The van der Waals surface area contributed by atoms with E-state index in [1.165, 1.54) is 0 Å². The molecule has 0 radical (unpaired) electrons. The second kappa shape index (κ2) is 8.30. The fourth-order valence-electron chi connectivity index (χ4n) is 5.39. The third kappa shape index (κ3) is 3.54. The Hall–Kier alpha value is -4.90. The average Bonchev–Trinajstić information content (AvgIpc) is 2.96. The van der Waals surface area contributed by atoms with Gasteiger partial charge in [0.15, 0.2) is 22.2 Å². The maximum absolute atomic E-state index is 14.0. The number of fused-ring (bicyclic) bond motifs is 4. The van der Waals surface area contributed by atoms with Crippen molar-refractivity contribution in [2.45, 2.75) is 26.2 Å². The van der Waals surface area contributed by atoms with Crippen molar-refractivity contribution in [3.8, 4) is 22.5 Å². The zero-order valence-electron chi connectivity index (χ0n) is 21.9. The second-order valence-corrected chi connectivity index (χ2v) is 11.0. The molecule has 3 aromatic carbocycles. The van der Waals surface area contributed by atoms with Crippen molar-refractivity contribution in [1.82, 2.24) is 14.4 Å². The van der Waals surface area contributed by atoms with Crippen molar-refractivity contribution in [3.05, 3.63) is 123 Å². The SMILES string of the molecule is CC(C)(C)c1cc2c(=O)c3ccc(-c4ccccc4)nc3n3c4nc(-c5ccccc5)ccc4c(=O)c(c1)c23. The van der Waals surface area contributed by atoms with E-state index in [-0.39, 0.29) is 16.3 Å². The highest BCUT2D eigenvalue weighted by Crippen LogP contribution is 2.32. The van der Waals surface area contributed by atoms with Crippen molar-refractivity contribution in [2.24, 2.45) is 0 Å². The molecule has 0 fully saturated rings. The molecular formula is C34H25N3O2. The second-order valence-electron chi connectivity index (χ2n) is 11.0. The van der Waals surface area contributed by atoms with Crippen LogP contribution in [0, 0.1) is 0 Å². The molecule has 0 aliphatic rings. The Kier molecular flexibility index (Phi) is 4.95. The van der Waals surface area contributed by atoms with Crippen LogP contribution in [0.2, 0.25) is 0 Å². The first kappa shape index (κ1) is 23.2. The minimum absolute atomic E-state index is 0.133. The highest BCUT2D eigenvalue weighted by Gasteiger charge is 2.23. The summed E-state index contributed by atoms with van der Waals surface area (Å²) in [6.45, 7) is 6.26. The number of nitrogens with zero attached hydrogens (tertiary/aromatic N) is 3. The Morgan fingerprint density at radius 1 is 0.564 bits per heavy atom. The van der Waals surface area contributed by atoms with Crippen LogP contribution in [0.3, 0.4) is 0 Å². The summed E-state index contributed by atoms with van der Waals surface area (Å²) in [7, 11) is 0. The van der Waals surface area contributed by atoms with Crippen LogP contribution in [-0.4, -0.2) is 14.4 Å². The Balaban J connectivity index is 1.73. The van der Waals surface area contributed by atoms with Crippen molar-refractivity contribution in [3.63, 3.8) is 0 Å². The van der Waals surface area contributed by atoms with E-state index in [1.807, 2.05) is 101 Å². The van der Waals surface area contributed by atoms with Crippen molar-refractivity contribution in [2.75, 3.05) is 0 Å². The standard InChI is InChI=1S/C34H25N3O2/c1-34(2,3)22-18-25-29-26(19-22)31(39)24-15-17-28(21-12-8-5-9-13-21)36-33(24)37(29)32-23(30(25)38)14-16-27(35-32)20-10-6-4-7-11-20/h4-19H,1-3H3. The van der Waals surface area contributed by atoms with Gasteiger partial charge < -0.3 is 0 Å². The molecule has 0 saturated heterocycles. The van der Waals surface area contributed by atoms with Crippen LogP contribution in [0.25, 0.3) is 60.9 Å². The molecule has 0 N–H and O–H groups in total. The van der Waals surface area contributed by atoms with Crippen LogP contribution in [0.1, 0.15) is 26.3 Å². The van der Waals surface area contributed by atoms with Crippen LogP contribution in [0.5, 0.6) is 0 Å². The summed E-state index contributed by atoms with van der Waals surface area (Å²) in [5.74, 6) is 0. The summed E-state index contributed by atoms with van der Waals surface area (Å²) in [5.41, 5.74) is 5.35. The van der Waals surface area contributed by atoms with E-state index in [4.69, 9.17) is 9.97 Å². The number of hydrogen-bond acceptors (Lipinski definition) is 4. The third-order valence-corrected chi connectivity index (χ3v) is 7.49. The molecule has 5 heteroatoms. The Morgan fingerprint density at radius 3 is 1.41 bits per heavy atom. The van der Waals surface area contributed by atoms with Gasteiger partial charge in [-0.3, -0.25) is 14.0 Å². The van der Waals surface area contributed by atoms with Crippen LogP contribution >= 0.6 is 0 Å². The quantitative estimate of drug-likeness (QED) is 0.187. The predicted octanol–water partition coefficient (Wildman–Crippen LogP) is 6.98. The number of aromatic nitrogens is 3. The minimum atomic E-state index is -0.248. The van der Waals surface area contributed by atoms with E-state index in [0.29, 0.717) is 38.4 Å². The van der Waals surface area contributed by atoms with E-state index in [2.05, 4.69) is 20.8 Å². The molecule has 4 aromatic heterocycles. The van der Waals surface area contributed by atoms with Crippen LogP contribution in [-0.2, 0) is 5.41 Å². The van der Waals surface area contributed by atoms with Gasteiger partial charge in [0.1, 0.15) is 0 Å². The maximum atomic E-state index is 14.0. The van der Waals surface area contributed by atoms with Gasteiger partial charge >= 0.3 is 0 Å². The number of benzene rings is 3. The number of rotatable bonds is 2. The van der Waals surface area contributed by atoms with E-state index < -0.39 is 0 Å². The fourth-order valence-corrected chi connectivity index (χ4v) is 5.39. The average molecular weight is 508 g/mol. The van der Waals surface area contributed by atoms with Crippen LogP contribution in [0.15, 0.2) is 107 Å². The molecule has 39 heavy (non-hydrogen) atoms. The molecule has 4 heterocycles. The number of hydrogen-bond donors (Lipinski definition) is 0. The van der Waals surface area contributed by atoms with E-state index in [9.17, 15) is 9.59 Å². The molecule has 0 unspecified atom stereocenters. The molecule has 188 valence electrons. The summed E-state index contributed by atoms with van der Waals surface area (Å²) in [5, 5.41) is 1.99. The molecule has 0 saturated carbocycles. The molecule has 7 aromatic rings. The first-order valence-electron chi connectivity index (χ1n) is 13.0. The Bertz CT molecular complexity index is 2030. The molecule has 5 nitrogen and oxygen atoms in total. The zero-order chi connectivity index (χ0) is 26.9. The number of pyridine rings is 4. The molecule has 0 amide bonds. The van der Waals surface area contributed by atoms with Crippen molar-refractivity contribution >= 4 is 38.4 Å². The highest BCUT2D eigenvalue weighted by atomic mass is 16.1. The van der Waals surface area contributed by atoms with E-state index in [0.717, 1.165) is 28.1 Å². The molecule has 0 bridgehead atoms. The van der Waals surface area contributed by atoms with Gasteiger partial charge in [-0.15, -0.1) is 0 Å². The van der Waals surface area contributed by atoms with Gasteiger partial charge in [0.25, 0.3) is 0 Å². The lowest BCUT2D eigenvalue weighted by Crippen LogP contribution is -2.19.